The fraction of sp³-hybridized carbons (Fsp3) is 0.345. The molecule has 3 nitrogen and oxygen atoms in total. The zero-order valence-electron chi connectivity index (χ0n) is 19.2. The zero-order chi connectivity index (χ0) is 22.3. The highest BCUT2D eigenvalue weighted by Gasteiger charge is 2.45. The monoisotopic (exact) mass is 426 g/mol. The van der Waals surface area contributed by atoms with E-state index in [9.17, 15) is 4.79 Å². The topological polar surface area (TPSA) is 32.3 Å². The normalized spacial score (nSPS) is 18.2. The van der Waals surface area contributed by atoms with Gasteiger partial charge < -0.3 is 10.2 Å². The second-order valence-electron chi connectivity index (χ2n) is 8.98. The molecule has 0 bridgehead atoms. The van der Waals surface area contributed by atoms with E-state index in [-0.39, 0.29) is 11.8 Å². The van der Waals surface area contributed by atoms with E-state index in [0.717, 1.165) is 31.6 Å². The molecule has 1 saturated carbocycles. The Kier molecular flexibility index (Phi) is 7.39. The van der Waals surface area contributed by atoms with Crippen molar-refractivity contribution < 1.29 is 4.79 Å². The molecule has 0 spiro atoms. The van der Waals surface area contributed by atoms with Crippen LogP contribution in [0.5, 0.6) is 0 Å². The minimum atomic E-state index is 0.0840. The van der Waals surface area contributed by atoms with Crippen LogP contribution in [0.4, 0.5) is 5.69 Å². The maximum Gasteiger partial charge on any atom is 0.230 e. The van der Waals surface area contributed by atoms with E-state index in [1.807, 2.05) is 17.0 Å². The molecule has 4 rings (SSSR count). The molecular weight excluding hydrogens is 392 g/mol. The molecule has 1 amide bonds. The van der Waals surface area contributed by atoms with Crippen molar-refractivity contribution in [3.63, 3.8) is 0 Å². The molecule has 1 unspecified atom stereocenters. The molecule has 1 aliphatic rings. The van der Waals surface area contributed by atoms with E-state index >= 15 is 0 Å². The first-order chi connectivity index (χ1) is 15.7. The lowest BCUT2D eigenvalue weighted by atomic mass is 10.0. The van der Waals surface area contributed by atoms with Gasteiger partial charge in [0, 0.05) is 24.7 Å². The summed E-state index contributed by atoms with van der Waals surface area (Å²) < 4.78 is 0. The van der Waals surface area contributed by atoms with Crippen molar-refractivity contribution in [1.29, 1.82) is 0 Å². The van der Waals surface area contributed by atoms with E-state index in [4.69, 9.17) is 0 Å². The number of nitrogens with one attached hydrogen (secondary N) is 1. The molecule has 1 aliphatic carbocycles. The molecule has 0 heterocycles. The first kappa shape index (κ1) is 22.3. The van der Waals surface area contributed by atoms with Crippen LogP contribution in [0.25, 0.3) is 11.1 Å². The van der Waals surface area contributed by atoms with Crippen LogP contribution in [0.15, 0.2) is 84.9 Å². The number of carbonyl (C=O) groups is 1. The molecule has 0 aromatic heterocycles. The van der Waals surface area contributed by atoms with Gasteiger partial charge in [-0.25, -0.2) is 0 Å². The predicted molar refractivity (Wildman–Crippen MR) is 134 cm³/mol. The van der Waals surface area contributed by atoms with Gasteiger partial charge in [0.15, 0.2) is 0 Å². The Morgan fingerprint density at radius 1 is 0.938 bits per heavy atom. The molecule has 1 fully saturated rings. The van der Waals surface area contributed by atoms with Gasteiger partial charge in [0.1, 0.15) is 0 Å². The van der Waals surface area contributed by atoms with Crippen molar-refractivity contribution in [3.8, 4) is 11.1 Å². The molecule has 3 aromatic carbocycles. The van der Waals surface area contributed by atoms with Gasteiger partial charge in [-0.2, -0.15) is 0 Å². The number of amides is 1. The number of carbonyl (C=O) groups excluding carboxylic acids is 1. The number of benzene rings is 3. The molecule has 3 aromatic rings. The Morgan fingerprint density at radius 2 is 1.56 bits per heavy atom. The fourth-order valence-corrected chi connectivity index (χ4v) is 4.25. The van der Waals surface area contributed by atoms with Crippen LogP contribution in [-0.4, -0.2) is 25.5 Å². The number of hydrogen-bond donors (Lipinski definition) is 1. The number of rotatable bonds is 10. The smallest absolute Gasteiger partial charge is 0.230 e. The Morgan fingerprint density at radius 3 is 2.22 bits per heavy atom. The molecule has 0 aliphatic heterocycles. The maximum absolute atomic E-state index is 13.5. The van der Waals surface area contributed by atoms with Gasteiger partial charge in [-0.15, -0.1) is 0 Å². The van der Waals surface area contributed by atoms with Crippen LogP contribution >= 0.6 is 0 Å². The lowest BCUT2D eigenvalue weighted by Gasteiger charge is -2.24. The first-order valence-electron chi connectivity index (χ1n) is 11.9. The van der Waals surface area contributed by atoms with Crippen LogP contribution in [0.3, 0.4) is 0 Å². The van der Waals surface area contributed by atoms with Crippen molar-refractivity contribution >= 4 is 11.6 Å². The van der Waals surface area contributed by atoms with Crippen molar-refractivity contribution in [2.24, 2.45) is 11.8 Å². The number of anilines is 1. The van der Waals surface area contributed by atoms with E-state index in [0.29, 0.717) is 18.4 Å². The lowest BCUT2D eigenvalue weighted by Crippen LogP contribution is -2.39. The van der Waals surface area contributed by atoms with Crippen molar-refractivity contribution in [1.82, 2.24) is 5.32 Å². The highest BCUT2D eigenvalue weighted by molar-refractivity contribution is 5.97. The predicted octanol–water partition coefficient (Wildman–Crippen LogP) is 6.13. The van der Waals surface area contributed by atoms with Gasteiger partial charge in [0.05, 0.1) is 0 Å². The quantitative estimate of drug-likeness (QED) is 0.396. The van der Waals surface area contributed by atoms with E-state index in [1.165, 1.54) is 16.7 Å². The lowest BCUT2D eigenvalue weighted by molar-refractivity contribution is -0.119. The van der Waals surface area contributed by atoms with Gasteiger partial charge in [-0.3, -0.25) is 4.79 Å². The van der Waals surface area contributed by atoms with Crippen LogP contribution < -0.4 is 10.2 Å². The minimum Gasteiger partial charge on any atom is -0.315 e. The molecule has 166 valence electrons. The Labute approximate surface area is 192 Å². The molecule has 1 N–H and O–H groups in total. The molecule has 3 heteroatoms. The van der Waals surface area contributed by atoms with Crippen molar-refractivity contribution in [2.45, 2.75) is 32.6 Å². The van der Waals surface area contributed by atoms with Crippen LogP contribution in [0, 0.1) is 11.8 Å². The Hall–Kier alpha value is -2.91. The number of nitrogens with zero attached hydrogens (tertiary/aromatic N) is 1. The SMILES string of the molecule is CCC(C)CNCCN(C(=O)[C@@H]1C[C@H]1c1ccccc1)c1ccc(-c2ccccc2)cc1. The third-order valence-electron chi connectivity index (χ3n) is 6.59. The number of hydrogen-bond acceptors (Lipinski definition) is 2. The summed E-state index contributed by atoms with van der Waals surface area (Å²) in [7, 11) is 0. The summed E-state index contributed by atoms with van der Waals surface area (Å²) in [5, 5.41) is 3.54. The first-order valence-corrected chi connectivity index (χ1v) is 11.9. The molecule has 0 saturated heterocycles. The summed E-state index contributed by atoms with van der Waals surface area (Å²) in [6.07, 6.45) is 2.11. The van der Waals surface area contributed by atoms with Gasteiger partial charge in [0.2, 0.25) is 5.91 Å². The summed E-state index contributed by atoms with van der Waals surface area (Å²) >= 11 is 0. The van der Waals surface area contributed by atoms with Gasteiger partial charge in [-0.1, -0.05) is 93.1 Å². The van der Waals surface area contributed by atoms with Crippen molar-refractivity contribution in [3.05, 3.63) is 90.5 Å². The summed E-state index contributed by atoms with van der Waals surface area (Å²) in [5.74, 6) is 1.33. The summed E-state index contributed by atoms with van der Waals surface area (Å²) in [5.41, 5.74) is 4.63. The fourth-order valence-electron chi connectivity index (χ4n) is 4.25. The average Bonchev–Trinajstić information content (AvgIpc) is 3.66. The highest BCUT2D eigenvalue weighted by Crippen LogP contribution is 2.48. The van der Waals surface area contributed by atoms with E-state index in [2.05, 4.69) is 92.0 Å². The Bertz CT molecular complexity index is 985. The molecule has 32 heavy (non-hydrogen) atoms. The molecule has 3 atom stereocenters. The Balaban J connectivity index is 1.48. The molecule has 0 radical (unpaired) electrons. The summed E-state index contributed by atoms with van der Waals surface area (Å²) in [6.45, 7) is 6.96. The standard InChI is InChI=1S/C29H34N2O/c1-3-22(2)21-30-18-19-31(29(32)28-20-27(28)25-12-8-5-9-13-25)26-16-14-24(15-17-26)23-10-6-4-7-11-23/h4-17,22,27-28,30H,3,18-21H2,1-2H3/t22?,27-,28+/m0/s1. The van der Waals surface area contributed by atoms with Crippen LogP contribution in [-0.2, 0) is 4.79 Å². The van der Waals surface area contributed by atoms with Crippen LogP contribution in [0.1, 0.15) is 38.2 Å². The summed E-state index contributed by atoms with van der Waals surface area (Å²) in [6, 6.07) is 29.3. The largest absolute Gasteiger partial charge is 0.315 e. The third kappa shape index (κ3) is 5.46. The highest BCUT2D eigenvalue weighted by atomic mass is 16.2. The van der Waals surface area contributed by atoms with E-state index in [1.54, 1.807) is 0 Å². The molecular formula is C29H34N2O. The average molecular weight is 427 g/mol. The van der Waals surface area contributed by atoms with E-state index < -0.39 is 0 Å². The maximum atomic E-state index is 13.5. The van der Waals surface area contributed by atoms with Gasteiger partial charge in [-0.05, 0) is 53.6 Å². The van der Waals surface area contributed by atoms with Crippen molar-refractivity contribution in [2.75, 3.05) is 24.5 Å². The third-order valence-corrected chi connectivity index (χ3v) is 6.59. The van der Waals surface area contributed by atoms with Gasteiger partial charge in [0.25, 0.3) is 0 Å². The minimum absolute atomic E-state index is 0.0840. The second kappa shape index (κ2) is 10.6. The van der Waals surface area contributed by atoms with Crippen LogP contribution in [0.2, 0.25) is 0 Å². The van der Waals surface area contributed by atoms with Gasteiger partial charge >= 0.3 is 0 Å². The second-order valence-corrected chi connectivity index (χ2v) is 8.98. The summed E-state index contributed by atoms with van der Waals surface area (Å²) in [4.78, 5) is 15.5. The zero-order valence-corrected chi connectivity index (χ0v) is 19.2.